The molecule has 0 spiro atoms. The molecule has 0 unspecified atom stereocenters. The molecule has 1 rings (SSSR count). The first kappa shape index (κ1) is 17.5. The Balaban J connectivity index is 3.54. The van der Waals surface area contributed by atoms with Gasteiger partial charge in [-0.15, -0.1) is 0 Å². The Morgan fingerprint density at radius 1 is 1.23 bits per heavy atom. The second-order valence-electron chi connectivity index (χ2n) is 3.73. The highest BCUT2D eigenvalue weighted by molar-refractivity contribution is 6.33. The van der Waals surface area contributed by atoms with Gasteiger partial charge in [0.25, 0.3) is 0 Å². The van der Waals surface area contributed by atoms with Crippen LogP contribution in [0.1, 0.15) is 10.4 Å². The van der Waals surface area contributed by atoms with Crippen molar-refractivity contribution in [2.75, 3.05) is 27.9 Å². The second kappa shape index (κ2) is 7.46. The van der Waals surface area contributed by atoms with E-state index in [-0.39, 0.29) is 10.8 Å². The Morgan fingerprint density at radius 3 is 2.32 bits per heavy atom. The SMILES string of the molecule is COC(=O)COc1c([N+](=O)[O-])cc(Cl)c(OC)c1C(=O)OC. The molecule has 0 bridgehead atoms. The smallest absolute Gasteiger partial charge is 0.345 e. The lowest BCUT2D eigenvalue weighted by molar-refractivity contribution is -0.385. The van der Waals surface area contributed by atoms with Crippen LogP contribution < -0.4 is 9.47 Å². The number of rotatable bonds is 6. The van der Waals surface area contributed by atoms with Crippen molar-refractivity contribution in [3.63, 3.8) is 0 Å². The van der Waals surface area contributed by atoms with E-state index in [2.05, 4.69) is 9.47 Å². The number of nitrogens with zero attached hydrogens (tertiary/aromatic N) is 1. The van der Waals surface area contributed by atoms with Gasteiger partial charge in [-0.2, -0.15) is 0 Å². The molecule has 120 valence electrons. The van der Waals surface area contributed by atoms with Crippen LogP contribution in [0.5, 0.6) is 11.5 Å². The molecule has 0 aliphatic rings. The lowest BCUT2D eigenvalue weighted by Gasteiger charge is -2.14. The van der Waals surface area contributed by atoms with Crippen molar-refractivity contribution in [1.82, 2.24) is 0 Å². The normalized spacial score (nSPS) is 9.82. The lowest BCUT2D eigenvalue weighted by atomic mass is 10.1. The molecule has 0 fully saturated rings. The number of ether oxygens (including phenoxy) is 4. The van der Waals surface area contributed by atoms with Gasteiger partial charge in [-0.05, 0) is 0 Å². The van der Waals surface area contributed by atoms with Crippen LogP contribution in [0.2, 0.25) is 5.02 Å². The molecule has 1 aromatic rings. The predicted octanol–water partition coefficient (Wildman–Crippen LogP) is 1.60. The van der Waals surface area contributed by atoms with Crippen molar-refractivity contribution >= 4 is 29.2 Å². The number of nitro groups is 1. The Bertz CT molecular complexity index is 616. The minimum atomic E-state index is -0.970. The molecule has 9 nitrogen and oxygen atoms in total. The molecule has 0 aliphatic heterocycles. The summed E-state index contributed by atoms with van der Waals surface area (Å²) in [7, 11) is 3.39. The van der Waals surface area contributed by atoms with Crippen LogP contribution in [-0.2, 0) is 14.3 Å². The maximum atomic E-state index is 11.9. The van der Waals surface area contributed by atoms with Crippen LogP contribution in [0, 0.1) is 10.1 Å². The highest BCUT2D eigenvalue weighted by atomic mass is 35.5. The molecule has 0 N–H and O–H groups in total. The van der Waals surface area contributed by atoms with E-state index in [0.717, 1.165) is 20.3 Å². The zero-order valence-corrected chi connectivity index (χ0v) is 12.6. The van der Waals surface area contributed by atoms with Gasteiger partial charge in [0, 0.05) is 6.07 Å². The second-order valence-corrected chi connectivity index (χ2v) is 4.14. The maximum absolute atomic E-state index is 11.9. The summed E-state index contributed by atoms with van der Waals surface area (Å²) < 4.78 is 18.9. The minimum Gasteiger partial charge on any atom is -0.494 e. The molecular formula is C12H12ClNO8. The summed E-state index contributed by atoms with van der Waals surface area (Å²) in [6, 6.07) is 0.944. The third-order valence-electron chi connectivity index (χ3n) is 2.52. The van der Waals surface area contributed by atoms with Crippen LogP contribution in [0.15, 0.2) is 6.07 Å². The van der Waals surface area contributed by atoms with Gasteiger partial charge in [0.05, 0.1) is 31.3 Å². The van der Waals surface area contributed by atoms with E-state index in [1.165, 1.54) is 7.11 Å². The third kappa shape index (κ3) is 3.55. The zero-order valence-electron chi connectivity index (χ0n) is 11.9. The Kier molecular flexibility index (Phi) is 5.93. The molecule has 0 aromatic heterocycles. The summed E-state index contributed by atoms with van der Waals surface area (Å²) in [6.07, 6.45) is 0. The van der Waals surface area contributed by atoms with Crippen molar-refractivity contribution in [2.45, 2.75) is 0 Å². The monoisotopic (exact) mass is 333 g/mol. The van der Waals surface area contributed by atoms with E-state index < -0.39 is 40.5 Å². The lowest BCUT2D eigenvalue weighted by Crippen LogP contribution is -2.16. The number of hydrogen-bond donors (Lipinski definition) is 0. The van der Waals surface area contributed by atoms with Gasteiger partial charge in [0.1, 0.15) is 0 Å². The summed E-state index contributed by atoms with van der Waals surface area (Å²) in [5.74, 6) is -2.43. The Morgan fingerprint density at radius 2 is 1.86 bits per heavy atom. The molecule has 0 heterocycles. The van der Waals surface area contributed by atoms with Crippen LogP contribution in [-0.4, -0.2) is 44.8 Å². The van der Waals surface area contributed by atoms with E-state index >= 15 is 0 Å². The van der Waals surface area contributed by atoms with Crippen molar-refractivity contribution in [2.24, 2.45) is 0 Å². The average molecular weight is 334 g/mol. The largest absolute Gasteiger partial charge is 0.494 e. The fraction of sp³-hybridized carbons (Fsp3) is 0.333. The molecule has 0 atom stereocenters. The third-order valence-corrected chi connectivity index (χ3v) is 2.80. The first-order valence-electron chi connectivity index (χ1n) is 5.70. The molecule has 0 saturated heterocycles. The molecule has 0 radical (unpaired) electrons. The van der Waals surface area contributed by atoms with Gasteiger partial charge in [0.15, 0.2) is 17.9 Å². The summed E-state index contributed by atoms with van der Waals surface area (Å²) in [6.45, 7) is -0.647. The summed E-state index contributed by atoms with van der Waals surface area (Å²) in [5, 5.41) is 10.9. The number of carbonyl (C=O) groups excluding carboxylic acids is 2. The quantitative estimate of drug-likeness (QED) is 0.438. The van der Waals surface area contributed by atoms with Crippen molar-refractivity contribution in [3.05, 3.63) is 26.8 Å². The summed E-state index contributed by atoms with van der Waals surface area (Å²) in [4.78, 5) is 33.3. The van der Waals surface area contributed by atoms with E-state index in [0.29, 0.717) is 0 Å². The fourth-order valence-electron chi connectivity index (χ4n) is 1.56. The minimum absolute atomic E-state index is 0.168. The molecule has 10 heteroatoms. The Labute approximate surface area is 129 Å². The number of halogens is 1. The molecular weight excluding hydrogens is 322 g/mol. The first-order valence-corrected chi connectivity index (χ1v) is 6.07. The predicted molar refractivity (Wildman–Crippen MR) is 73.5 cm³/mol. The molecule has 0 saturated carbocycles. The fourth-order valence-corrected chi connectivity index (χ4v) is 1.84. The molecule has 22 heavy (non-hydrogen) atoms. The summed E-state index contributed by atoms with van der Waals surface area (Å²) in [5.41, 5.74) is -1.01. The number of methoxy groups -OCH3 is 3. The highest BCUT2D eigenvalue weighted by Gasteiger charge is 2.31. The van der Waals surface area contributed by atoms with E-state index in [4.69, 9.17) is 21.1 Å². The molecule has 0 amide bonds. The Hall–Kier alpha value is -2.55. The van der Waals surface area contributed by atoms with Crippen LogP contribution in [0.3, 0.4) is 0 Å². The van der Waals surface area contributed by atoms with Gasteiger partial charge >= 0.3 is 17.6 Å². The number of hydrogen-bond acceptors (Lipinski definition) is 8. The van der Waals surface area contributed by atoms with Gasteiger partial charge < -0.3 is 18.9 Å². The van der Waals surface area contributed by atoms with Crippen molar-refractivity contribution in [1.29, 1.82) is 0 Å². The number of benzene rings is 1. The highest BCUT2D eigenvalue weighted by Crippen LogP contribution is 2.43. The number of nitro benzene ring substituents is 1. The van der Waals surface area contributed by atoms with Gasteiger partial charge in [0.2, 0.25) is 5.75 Å². The van der Waals surface area contributed by atoms with Gasteiger partial charge in [-0.25, -0.2) is 9.59 Å². The molecule has 1 aromatic carbocycles. The topological polar surface area (TPSA) is 114 Å². The zero-order chi connectivity index (χ0) is 16.9. The van der Waals surface area contributed by atoms with Gasteiger partial charge in [-0.1, -0.05) is 11.6 Å². The first-order chi connectivity index (χ1) is 10.4. The van der Waals surface area contributed by atoms with Crippen LogP contribution in [0.4, 0.5) is 5.69 Å². The van der Waals surface area contributed by atoms with Gasteiger partial charge in [-0.3, -0.25) is 10.1 Å². The number of esters is 2. The molecule has 0 aliphatic carbocycles. The van der Waals surface area contributed by atoms with E-state index in [1.807, 2.05) is 0 Å². The average Bonchev–Trinajstić information content (AvgIpc) is 2.51. The van der Waals surface area contributed by atoms with E-state index in [9.17, 15) is 19.7 Å². The standard InChI is InChI=1S/C12H12ClNO8/c1-19-8(15)5-22-11-7(14(17)18)4-6(13)10(20-2)9(11)12(16)21-3/h4H,5H2,1-3H3. The van der Waals surface area contributed by atoms with Crippen molar-refractivity contribution in [3.8, 4) is 11.5 Å². The summed E-state index contributed by atoms with van der Waals surface area (Å²) >= 11 is 5.86. The van der Waals surface area contributed by atoms with Crippen molar-refractivity contribution < 1.29 is 33.5 Å². The van der Waals surface area contributed by atoms with Crippen LogP contribution in [0.25, 0.3) is 0 Å². The van der Waals surface area contributed by atoms with Crippen LogP contribution >= 0.6 is 11.6 Å². The van der Waals surface area contributed by atoms with E-state index in [1.54, 1.807) is 0 Å². The maximum Gasteiger partial charge on any atom is 0.345 e. The number of carbonyl (C=O) groups is 2.